The normalized spacial score (nSPS) is 21.0. The highest BCUT2D eigenvalue weighted by atomic mass is 31.2. The standard InChI is InChI=1S/C21H27N2O5P/c1-16(2)15-20(21(24)22-25)23-13-6-14-27-29(23,26)19-11-9-18(10-12-19)28-17-7-4-3-5-8-17/h3-5,7-12,16,20,25H,6,13-15H2,1-2H3,(H,22,24)/t20-,29?/m1/s1. The average Bonchev–Trinajstić information content (AvgIpc) is 2.73. The fourth-order valence-electron chi connectivity index (χ4n) is 3.40. The summed E-state index contributed by atoms with van der Waals surface area (Å²) in [6, 6.07) is 15.5. The SMILES string of the molecule is CC(C)C[C@H](C(=O)NO)N1CCCOP1(=O)c1ccc(Oc2ccccc2)cc1. The van der Waals surface area contributed by atoms with Gasteiger partial charge in [0.05, 0.1) is 18.0 Å². The molecule has 3 rings (SSSR count). The molecule has 1 aliphatic heterocycles. The minimum absolute atomic E-state index is 0.175. The Kier molecular flexibility index (Phi) is 7.09. The largest absolute Gasteiger partial charge is 0.457 e. The van der Waals surface area contributed by atoms with E-state index >= 15 is 0 Å². The summed E-state index contributed by atoms with van der Waals surface area (Å²) in [5, 5.41) is 9.69. The molecule has 0 aromatic heterocycles. The minimum Gasteiger partial charge on any atom is -0.457 e. The number of carbonyl (C=O) groups excluding carboxylic acids is 1. The number of hydrogen-bond acceptors (Lipinski definition) is 5. The molecule has 2 aromatic carbocycles. The quantitative estimate of drug-likeness (QED) is 0.402. The van der Waals surface area contributed by atoms with E-state index in [1.54, 1.807) is 34.4 Å². The van der Waals surface area contributed by atoms with E-state index in [1.807, 2.05) is 44.2 Å². The zero-order chi connectivity index (χ0) is 20.9. The summed E-state index contributed by atoms with van der Waals surface area (Å²) >= 11 is 0. The van der Waals surface area contributed by atoms with E-state index in [2.05, 4.69) is 0 Å². The molecular formula is C21H27N2O5P. The maximum Gasteiger partial charge on any atom is 0.303 e. The summed E-state index contributed by atoms with van der Waals surface area (Å²) < 4.78 is 27.0. The number of benzene rings is 2. The van der Waals surface area contributed by atoms with Crippen molar-refractivity contribution in [1.82, 2.24) is 10.2 Å². The highest BCUT2D eigenvalue weighted by Crippen LogP contribution is 2.54. The number of hydrogen-bond donors (Lipinski definition) is 2. The molecule has 8 heteroatoms. The maximum atomic E-state index is 13.9. The number of ether oxygens (including phenoxy) is 1. The van der Waals surface area contributed by atoms with Crippen LogP contribution in [0.2, 0.25) is 0 Å². The molecule has 2 aromatic rings. The second-order valence-electron chi connectivity index (χ2n) is 7.40. The Balaban J connectivity index is 1.87. The van der Waals surface area contributed by atoms with Crippen molar-refractivity contribution in [1.29, 1.82) is 0 Å². The Hall–Kier alpha value is -2.18. The van der Waals surface area contributed by atoms with Crippen LogP contribution in [0.1, 0.15) is 26.7 Å². The first-order valence-electron chi connectivity index (χ1n) is 9.73. The van der Waals surface area contributed by atoms with Crippen LogP contribution in [0.5, 0.6) is 11.5 Å². The average molecular weight is 418 g/mol. The molecule has 0 radical (unpaired) electrons. The Bertz CT molecular complexity index is 857. The number of nitrogens with zero attached hydrogens (tertiary/aromatic N) is 1. The van der Waals surface area contributed by atoms with Crippen LogP contribution < -0.4 is 15.5 Å². The predicted molar refractivity (Wildman–Crippen MR) is 111 cm³/mol. The van der Waals surface area contributed by atoms with Crippen LogP contribution in [0.15, 0.2) is 54.6 Å². The van der Waals surface area contributed by atoms with Crippen molar-refractivity contribution < 1.29 is 23.8 Å². The minimum atomic E-state index is -3.45. The van der Waals surface area contributed by atoms with Gasteiger partial charge in [-0.3, -0.25) is 14.6 Å². The molecule has 1 aliphatic rings. The number of hydroxylamine groups is 1. The van der Waals surface area contributed by atoms with Gasteiger partial charge >= 0.3 is 7.52 Å². The summed E-state index contributed by atoms with van der Waals surface area (Å²) in [6.07, 6.45) is 1.11. The van der Waals surface area contributed by atoms with Crippen molar-refractivity contribution in [3.05, 3.63) is 54.6 Å². The van der Waals surface area contributed by atoms with Gasteiger partial charge in [-0.25, -0.2) is 10.2 Å². The fraction of sp³-hybridized carbons (Fsp3) is 0.381. The molecule has 0 saturated carbocycles. The highest BCUT2D eigenvalue weighted by Gasteiger charge is 2.43. The van der Waals surface area contributed by atoms with Crippen LogP contribution in [-0.4, -0.2) is 35.0 Å². The van der Waals surface area contributed by atoms with E-state index in [0.29, 0.717) is 42.8 Å². The first kappa shape index (κ1) is 21.5. The molecule has 1 heterocycles. The van der Waals surface area contributed by atoms with Gasteiger partial charge in [0.15, 0.2) is 0 Å². The Labute approximate surface area is 171 Å². The van der Waals surface area contributed by atoms with E-state index in [4.69, 9.17) is 9.26 Å². The van der Waals surface area contributed by atoms with Crippen molar-refractivity contribution >= 4 is 18.7 Å². The summed E-state index contributed by atoms with van der Waals surface area (Å²) in [5.74, 6) is 0.920. The zero-order valence-corrected chi connectivity index (χ0v) is 17.5. The van der Waals surface area contributed by atoms with Gasteiger partial charge < -0.3 is 9.26 Å². The van der Waals surface area contributed by atoms with Crippen LogP contribution in [0.3, 0.4) is 0 Å². The lowest BCUT2D eigenvalue weighted by Crippen LogP contribution is -2.48. The maximum absolute atomic E-state index is 13.9. The number of nitrogens with one attached hydrogen (secondary N) is 1. The third-order valence-corrected chi connectivity index (χ3v) is 7.38. The van der Waals surface area contributed by atoms with Crippen LogP contribution in [0, 0.1) is 5.92 Å². The van der Waals surface area contributed by atoms with Gasteiger partial charge in [-0.15, -0.1) is 0 Å². The summed E-state index contributed by atoms with van der Waals surface area (Å²) in [4.78, 5) is 12.3. The predicted octanol–water partition coefficient (Wildman–Crippen LogP) is 3.94. The molecule has 1 fully saturated rings. The molecule has 1 amide bonds. The van der Waals surface area contributed by atoms with E-state index in [0.717, 1.165) is 0 Å². The van der Waals surface area contributed by atoms with Crippen molar-refractivity contribution in [3.8, 4) is 11.5 Å². The molecule has 2 atom stereocenters. The van der Waals surface area contributed by atoms with Crippen molar-refractivity contribution in [2.24, 2.45) is 5.92 Å². The van der Waals surface area contributed by atoms with Gasteiger partial charge in [-0.1, -0.05) is 32.0 Å². The summed E-state index contributed by atoms with van der Waals surface area (Å²) in [7, 11) is -3.45. The third kappa shape index (κ3) is 5.06. The molecule has 2 N–H and O–H groups in total. The molecule has 7 nitrogen and oxygen atoms in total. The van der Waals surface area contributed by atoms with Crippen LogP contribution in [0.25, 0.3) is 0 Å². The monoisotopic (exact) mass is 418 g/mol. The molecule has 0 spiro atoms. The van der Waals surface area contributed by atoms with Crippen LogP contribution in [0.4, 0.5) is 0 Å². The van der Waals surface area contributed by atoms with E-state index in [1.165, 1.54) is 0 Å². The number of amides is 1. The fourth-order valence-corrected chi connectivity index (χ4v) is 5.86. The molecule has 156 valence electrons. The van der Waals surface area contributed by atoms with Gasteiger partial charge in [0.25, 0.3) is 5.91 Å². The van der Waals surface area contributed by atoms with Crippen molar-refractivity contribution in [2.45, 2.75) is 32.7 Å². The van der Waals surface area contributed by atoms with Gasteiger partial charge in [-0.2, -0.15) is 0 Å². The first-order valence-corrected chi connectivity index (χ1v) is 11.3. The van der Waals surface area contributed by atoms with Gasteiger partial charge in [0, 0.05) is 6.54 Å². The molecule has 1 saturated heterocycles. The van der Waals surface area contributed by atoms with Crippen LogP contribution >= 0.6 is 7.52 Å². The smallest absolute Gasteiger partial charge is 0.303 e. The molecule has 1 unspecified atom stereocenters. The van der Waals surface area contributed by atoms with Gasteiger partial charge in [-0.05, 0) is 55.2 Å². The van der Waals surface area contributed by atoms with E-state index in [9.17, 15) is 14.6 Å². The Morgan fingerprint density at radius 2 is 1.83 bits per heavy atom. The Morgan fingerprint density at radius 1 is 1.17 bits per heavy atom. The third-order valence-electron chi connectivity index (χ3n) is 4.75. The summed E-state index contributed by atoms with van der Waals surface area (Å²) in [6.45, 7) is 4.75. The van der Waals surface area contributed by atoms with E-state index in [-0.39, 0.29) is 5.92 Å². The number of carbonyl (C=O) groups is 1. The first-order chi connectivity index (χ1) is 13.9. The van der Waals surface area contributed by atoms with Crippen molar-refractivity contribution in [3.63, 3.8) is 0 Å². The van der Waals surface area contributed by atoms with Crippen LogP contribution in [-0.2, 0) is 13.9 Å². The molecular weight excluding hydrogens is 391 g/mol. The van der Waals surface area contributed by atoms with Gasteiger partial charge in [0.1, 0.15) is 11.5 Å². The van der Waals surface area contributed by atoms with Gasteiger partial charge in [0.2, 0.25) is 0 Å². The second-order valence-corrected chi connectivity index (χ2v) is 9.73. The molecule has 0 aliphatic carbocycles. The molecule has 29 heavy (non-hydrogen) atoms. The number of rotatable bonds is 7. The lowest BCUT2D eigenvalue weighted by molar-refractivity contribution is -0.134. The van der Waals surface area contributed by atoms with E-state index < -0.39 is 19.5 Å². The lowest BCUT2D eigenvalue weighted by Gasteiger charge is -2.39. The zero-order valence-electron chi connectivity index (χ0n) is 16.7. The second kappa shape index (κ2) is 9.55. The lowest BCUT2D eigenvalue weighted by atomic mass is 10.0. The van der Waals surface area contributed by atoms with Crippen molar-refractivity contribution in [2.75, 3.05) is 13.2 Å². The topological polar surface area (TPSA) is 88.1 Å². The number of para-hydroxylation sites is 1. The highest BCUT2D eigenvalue weighted by molar-refractivity contribution is 7.64. The Morgan fingerprint density at radius 3 is 2.45 bits per heavy atom. The molecule has 0 bridgehead atoms. The summed E-state index contributed by atoms with van der Waals surface area (Å²) in [5.41, 5.74) is 1.72.